The molecule has 0 spiro atoms. The number of nitriles is 1. The summed E-state index contributed by atoms with van der Waals surface area (Å²) in [6.07, 6.45) is 3.34. The van der Waals surface area contributed by atoms with Crippen molar-refractivity contribution < 1.29 is 4.74 Å². The highest BCUT2D eigenvalue weighted by atomic mass is 16.5. The largest absolute Gasteiger partial charge is 0.437 e. The summed E-state index contributed by atoms with van der Waals surface area (Å²) < 4.78 is 5.69. The Labute approximate surface area is 150 Å². The molecule has 0 saturated carbocycles. The highest BCUT2D eigenvalue weighted by Crippen LogP contribution is 2.33. The van der Waals surface area contributed by atoms with E-state index in [4.69, 9.17) is 4.74 Å². The van der Waals surface area contributed by atoms with Crippen LogP contribution in [0.3, 0.4) is 0 Å². The number of allylic oxidation sites excluding steroid dienone is 1. The first-order chi connectivity index (χ1) is 12.8. The summed E-state index contributed by atoms with van der Waals surface area (Å²) in [6.45, 7) is 1.91. The van der Waals surface area contributed by atoms with E-state index in [1.165, 1.54) is 0 Å². The van der Waals surface area contributed by atoms with E-state index in [0.29, 0.717) is 48.7 Å². The molecular formula is C17H14N8O. The zero-order chi connectivity index (χ0) is 17.8. The molecule has 1 aromatic carbocycles. The van der Waals surface area contributed by atoms with Crippen molar-refractivity contribution in [2.75, 3.05) is 30.4 Å². The fraction of sp³-hybridized carbons (Fsp3) is 0.176. The molecule has 2 aliphatic rings. The molecule has 1 aromatic heterocycles. The molecule has 4 rings (SSSR count). The SMILES string of the molecule is N#C/C(=C1\Nc2c#cccc2O1)c1ccnc(NCCN2C=NCN2)n1. The van der Waals surface area contributed by atoms with E-state index in [1.54, 1.807) is 30.7 Å². The van der Waals surface area contributed by atoms with Crippen LogP contribution in [0, 0.1) is 23.5 Å². The Hall–Kier alpha value is -3.82. The molecule has 0 fully saturated rings. The molecule has 2 aromatic rings. The predicted octanol–water partition coefficient (Wildman–Crippen LogP) is 0.992. The average molecular weight is 346 g/mol. The summed E-state index contributed by atoms with van der Waals surface area (Å²) in [4.78, 5) is 12.7. The van der Waals surface area contributed by atoms with Gasteiger partial charge in [0, 0.05) is 12.7 Å². The van der Waals surface area contributed by atoms with Gasteiger partial charge in [0.2, 0.25) is 11.8 Å². The number of ether oxygens (including phenoxy) is 1. The monoisotopic (exact) mass is 346 g/mol. The van der Waals surface area contributed by atoms with Crippen molar-refractivity contribution >= 4 is 23.5 Å². The smallest absolute Gasteiger partial charge is 0.223 e. The molecule has 0 radical (unpaired) electrons. The fourth-order valence-electron chi connectivity index (χ4n) is 2.46. The predicted molar refractivity (Wildman–Crippen MR) is 94.6 cm³/mol. The third-order valence-electron chi connectivity index (χ3n) is 3.68. The molecule has 26 heavy (non-hydrogen) atoms. The molecule has 0 saturated heterocycles. The first-order valence-electron chi connectivity index (χ1n) is 7.92. The van der Waals surface area contributed by atoms with Gasteiger partial charge < -0.3 is 15.4 Å². The lowest BCUT2D eigenvalue weighted by Crippen LogP contribution is -2.35. The van der Waals surface area contributed by atoms with Gasteiger partial charge in [-0.3, -0.25) is 10.0 Å². The van der Waals surface area contributed by atoms with Crippen LogP contribution in [0.25, 0.3) is 5.57 Å². The van der Waals surface area contributed by atoms with Gasteiger partial charge in [0.05, 0.1) is 12.2 Å². The quantitative estimate of drug-likeness (QED) is 0.688. The van der Waals surface area contributed by atoms with Crippen molar-refractivity contribution in [1.29, 1.82) is 5.26 Å². The minimum Gasteiger partial charge on any atom is -0.437 e. The number of hydrazine groups is 1. The maximum Gasteiger partial charge on any atom is 0.223 e. The second kappa shape index (κ2) is 6.97. The lowest BCUT2D eigenvalue weighted by Gasteiger charge is -2.14. The van der Waals surface area contributed by atoms with Crippen LogP contribution in [0.5, 0.6) is 5.75 Å². The van der Waals surface area contributed by atoms with Crippen molar-refractivity contribution in [1.82, 2.24) is 20.4 Å². The lowest BCUT2D eigenvalue weighted by atomic mass is 10.2. The van der Waals surface area contributed by atoms with Gasteiger partial charge in [-0.15, -0.1) is 0 Å². The Morgan fingerprint density at radius 2 is 2.42 bits per heavy atom. The Balaban J connectivity index is 1.49. The first-order valence-corrected chi connectivity index (χ1v) is 7.92. The number of fused-ring (bicyclic) bond motifs is 1. The summed E-state index contributed by atoms with van der Waals surface area (Å²) in [5, 5.41) is 17.6. The third kappa shape index (κ3) is 3.20. The van der Waals surface area contributed by atoms with Crippen LogP contribution in [0.4, 0.5) is 11.6 Å². The molecule has 128 valence electrons. The van der Waals surface area contributed by atoms with E-state index in [1.807, 2.05) is 5.01 Å². The van der Waals surface area contributed by atoms with Crippen molar-refractivity contribution in [2.24, 2.45) is 4.99 Å². The zero-order valence-corrected chi connectivity index (χ0v) is 13.7. The second-order valence-corrected chi connectivity index (χ2v) is 5.38. The van der Waals surface area contributed by atoms with Gasteiger partial charge in [-0.25, -0.2) is 15.4 Å². The topological polar surface area (TPSA) is 110 Å². The maximum absolute atomic E-state index is 9.57. The Morgan fingerprint density at radius 3 is 3.23 bits per heavy atom. The van der Waals surface area contributed by atoms with Gasteiger partial charge in [-0.2, -0.15) is 5.26 Å². The number of nitrogens with one attached hydrogen (secondary N) is 3. The van der Waals surface area contributed by atoms with Gasteiger partial charge in [0.1, 0.15) is 30.3 Å². The Bertz CT molecular complexity index is 890. The molecule has 3 heterocycles. The van der Waals surface area contributed by atoms with E-state index in [-0.39, 0.29) is 5.57 Å². The van der Waals surface area contributed by atoms with Crippen LogP contribution < -0.4 is 20.8 Å². The normalized spacial score (nSPS) is 16.2. The summed E-state index contributed by atoms with van der Waals surface area (Å²) in [6, 6.07) is 13.0. The molecule has 0 unspecified atom stereocenters. The molecule has 0 bridgehead atoms. The van der Waals surface area contributed by atoms with Gasteiger partial charge in [0.15, 0.2) is 5.75 Å². The van der Waals surface area contributed by atoms with E-state index in [0.717, 1.165) is 0 Å². The number of nitrogens with zero attached hydrogens (tertiary/aromatic N) is 5. The standard InChI is InChI=1S/C17H14N8O/c18-9-12(16-23-14-3-1-2-4-15(14)26-16)13-5-6-20-17(24-13)21-7-8-25-11-19-10-22-25/h2,4-6,11,22-23H,7-8,10H2,(H,20,21,24)/b16-12-. The van der Waals surface area contributed by atoms with Gasteiger partial charge in [0.25, 0.3) is 0 Å². The summed E-state index contributed by atoms with van der Waals surface area (Å²) in [5.74, 6) is 1.35. The first kappa shape index (κ1) is 15.7. The fourth-order valence-corrected chi connectivity index (χ4v) is 2.46. The number of anilines is 2. The highest BCUT2D eigenvalue weighted by Gasteiger charge is 2.22. The lowest BCUT2D eigenvalue weighted by molar-refractivity contribution is 0.361. The zero-order valence-electron chi connectivity index (χ0n) is 13.7. The molecule has 0 atom stereocenters. The van der Waals surface area contributed by atoms with Crippen LogP contribution in [0.1, 0.15) is 5.69 Å². The minimum absolute atomic E-state index is 0.286. The molecular weight excluding hydrogens is 332 g/mol. The highest BCUT2D eigenvalue weighted by molar-refractivity contribution is 5.81. The van der Waals surface area contributed by atoms with Crippen LogP contribution in [-0.4, -0.2) is 41.1 Å². The number of rotatable bonds is 5. The van der Waals surface area contributed by atoms with Crippen LogP contribution in [-0.2, 0) is 0 Å². The number of aromatic nitrogens is 2. The van der Waals surface area contributed by atoms with Crippen LogP contribution in [0.2, 0.25) is 0 Å². The van der Waals surface area contributed by atoms with E-state index in [2.05, 4.69) is 49.2 Å². The van der Waals surface area contributed by atoms with E-state index >= 15 is 0 Å². The Kier molecular flexibility index (Phi) is 4.21. The van der Waals surface area contributed by atoms with Crippen molar-refractivity contribution in [3.05, 3.63) is 48.1 Å². The second-order valence-electron chi connectivity index (χ2n) is 5.38. The number of aliphatic imine (C=N–C) groups is 1. The molecule has 3 N–H and O–H groups in total. The van der Waals surface area contributed by atoms with E-state index in [9.17, 15) is 5.26 Å². The number of hydrogen-bond donors (Lipinski definition) is 3. The molecule has 0 aliphatic carbocycles. The third-order valence-corrected chi connectivity index (χ3v) is 3.68. The van der Waals surface area contributed by atoms with Crippen molar-refractivity contribution in [2.45, 2.75) is 0 Å². The summed E-state index contributed by atoms with van der Waals surface area (Å²) in [5.41, 5.74) is 4.47. The average Bonchev–Trinajstić information content (AvgIpc) is 3.32. The van der Waals surface area contributed by atoms with Gasteiger partial charge >= 0.3 is 0 Å². The molecule has 2 aliphatic heterocycles. The summed E-state index contributed by atoms with van der Waals surface area (Å²) >= 11 is 0. The van der Waals surface area contributed by atoms with E-state index < -0.39 is 0 Å². The van der Waals surface area contributed by atoms with Crippen LogP contribution >= 0.6 is 0 Å². The molecule has 0 amide bonds. The maximum atomic E-state index is 9.57. The van der Waals surface area contributed by atoms with Gasteiger partial charge in [-0.05, 0) is 24.3 Å². The molecule has 9 heteroatoms. The van der Waals surface area contributed by atoms with Crippen LogP contribution in [0.15, 0.2) is 35.3 Å². The summed E-state index contributed by atoms with van der Waals surface area (Å²) in [7, 11) is 0. The Morgan fingerprint density at radius 1 is 1.46 bits per heavy atom. The number of hydrogen-bond acceptors (Lipinski definition) is 9. The van der Waals surface area contributed by atoms with Gasteiger partial charge in [-0.1, -0.05) is 6.07 Å². The molecule has 9 nitrogen and oxygen atoms in total. The minimum atomic E-state index is 0.286. The van der Waals surface area contributed by atoms with Crippen molar-refractivity contribution in [3.8, 4) is 11.8 Å². The van der Waals surface area contributed by atoms with Crippen molar-refractivity contribution in [3.63, 3.8) is 0 Å².